The Morgan fingerprint density at radius 2 is 1.48 bits per heavy atom. The van der Waals surface area contributed by atoms with Crippen LogP contribution in [-0.2, 0) is 25.7 Å². The van der Waals surface area contributed by atoms with Crippen LogP contribution in [0.4, 0.5) is 0 Å². The average molecular weight is 300 g/mol. The largest absolute Gasteiger partial charge is 0.256 e. The zero-order chi connectivity index (χ0) is 17.9. The number of pyridine rings is 1. The van der Waals surface area contributed by atoms with Crippen molar-refractivity contribution in [3.05, 3.63) is 76.5 Å². The summed E-state index contributed by atoms with van der Waals surface area (Å²) in [6.45, 7) is -2.10. The molecule has 0 spiro atoms. The third-order valence-electron chi connectivity index (χ3n) is 5.18. The first kappa shape index (κ1) is 10.4. The Kier molecular flexibility index (Phi) is 2.16. The molecule has 5 rings (SSSR count). The predicted molar refractivity (Wildman–Crippen MR) is 94.7 cm³/mol. The second-order valence-electron chi connectivity index (χ2n) is 6.55. The van der Waals surface area contributed by atoms with Crippen LogP contribution < -0.4 is 0 Å². The standard InChI is InChI=1S/C22H19N/c1-14-5-10-20(23-13-14)19-11-17-8-6-15-3-2-4-16-7-9-18(12-19)22(17)21(15)16/h2-5,10-13H,6-9H2,1H3/i1D3. The van der Waals surface area contributed by atoms with Gasteiger partial charge in [-0.25, -0.2) is 0 Å². The van der Waals surface area contributed by atoms with E-state index >= 15 is 0 Å². The normalized spacial score (nSPS) is 17.0. The van der Waals surface area contributed by atoms with Crippen LogP contribution in [0.5, 0.6) is 0 Å². The molecule has 0 amide bonds. The van der Waals surface area contributed by atoms with Gasteiger partial charge in [0.15, 0.2) is 0 Å². The molecule has 0 atom stereocenters. The molecule has 0 bridgehead atoms. The van der Waals surface area contributed by atoms with Gasteiger partial charge in [-0.1, -0.05) is 24.3 Å². The van der Waals surface area contributed by atoms with E-state index in [1.165, 1.54) is 39.6 Å². The van der Waals surface area contributed by atoms with Crippen molar-refractivity contribution in [2.75, 3.05) is 0 Å². The van der Waals surface area contributed by atoms with Gasteiger partial charge >= 0.3 is 0 Å². The van der Waals surface area contributed by atoms with Crippen molar-refractivity contribution < 1.29 is 4.11 Å². The number of aryl methyl sites for hydroxylation is 5. The lowest BCUT2D eigenvalue weighted by Crippen LogP contribution is -2.14. The van der Waals surface area contributed by atoms with Gasteiger partial charge < -0.3 is 0 Å². The summed E-state index contributed by atoms with van der Waals surface area (Å²) in [6, 6.07) is 14.7. The molecule has 0 unspecified atom stereocenters. The molecule has 0 N–H and O–H groups in total. The third kappa shape index (κ3) is 1.96. The molecule has 3 aromatic rings. The van der Waals surface area contributed by atoms with Crippen molar-refractivity contribution in [1.29, 1.82) is 0 Å². The van der Waals surface area contributed by atoms with Crippen molar-refractivity contribution in [3.8, 4) is 22.4 Å². The highest BCUT2D eigenvalue weighted by atomic mass is 14.7. The number of aromatic nitrogens is 1. The highest BCUT2D eigenvalue weighted by molar-refractivity contribution is 5.83. The Labute approximate surface area is 141 Å². The third-order valence-corrected chi connectivity index (χ3v) is 5.18. The molecule has 1 heterocycles. The van der Waals surface area contributed by atoms with E-state index in [4.69, 9.17) is 4.11 Å². The van der Waals surface area contributed by atoms with Crippen molar-refractivity contribution in [3.63, 3.8) is 0 Å². The molecule has 2 aliphatic rings. The summed E-state index contributed by atoms with van der Waals surface area (Å²) in [5, 5.41) is 0. The lowest BCUT2D eigenvalue weighted by molar-refractivity contribution is 0.877. The first-order chi connectivity index (χ1) is 12.5. The van der Waals surface area contributed by atoms with Crippen LogP contribution in [-0.4, -0.2) is 4.98 Å². The molecular formula is C22H19N. The monoisotopic (exact) mass is 300 g/mol. The topological polar surface area (TPSA) is 12.9 Å². The van der Waals surface area contributed by atoms with Crippen LogP contribution in [0.15, 0.2) is 48.7 Å². The second-order valence-corrected chi connectivity index (χ2v) is 6.55. The Balaban J connectivity index is 1.63. The summed E-state index contributed by atoms with van der Waals surface area (Å²) in [5.41, 5.74) is 10.9. The molecule has 1 nitrogen and oxygen atoms in total. The summed E-state index contributed by atoms with van der Waals surface area (Å²) in [4.78, 5) is 4.44. The van der Waals surface area contributed by atoms with Crippen LogP contribution in [0.25, 0.3) is 22.4 Å². The molecule has 112 valence electrons. The zero-order valence-corrected chi connectivity index (χ0v) is 12.9. The maximum atomic E-state index is 7.51. The van der Waals surface area contributed by atoms with Crippen LogP contribution in [0, 0.1) is 6.85 Å². The molecule has 2 aromatic carbocycles. The van der Waals surface area contributed by atoms with Gasteiger partial charge in [0.25, 0.3) is 0 Å². The van der Waals surface area contributed by atoms with E-state index in [2.05, 4.69) is 35.3 Å². The zero-order valence-electron chi connectivity index (χ0n) is 15.9. The van der Waals surface area contributed by atoms with Gasteiger partial charge in [-0.15, -0.1) is 0 Å². The molecule has 0 aliphatic heterocycles. The summed E-state index contributed by atoms with van der Waals surface area (Å²) in [6.07, 6.45) is 5.77. The van der Waals surface area contributed by atoms with Crippen molar-refractivity contribution in [2.45, 2.75) is 32.5 Å². The number of benzene rings is 2. The number of hydrogen-bond donors (Lipinski definition) is 0. The van der Waals surface area contributed by atoms with E-state index in [9.17, 15) is 0 Å². The van der Waals surface area contributed by atoms with Crippen LogP contribution in [0.2, 0.25) is 0 Å². The summed E-state index contributed by atoms with van der Waals surface area (Å²) in [7, 11) is 0. The van der Waals surface area contributed by atoms with E-state index in [0.717, 1.165) is 36.9 Å². The van der Waals surface area contributed by atoms with Crippen LogP contribution in [0.3, 0.4) is 0 Å². The Bertz CT molecular complexity index is 969. The minimum Gasteiger partial charge on any atom is -0.256 e. The fourth-order valence-corrected chi connectivity index (χ4v) is 4.13. The van der Waals surface area contributed by atoms with Gasteiger partial charge in [-0.05, 0) is 89.7 Å². The van der Waals surface area contributed by atoms with E-state index in [1.54, 1.807) is 6.07 Å². The minimum absolute atomic E-state index is 0.291. The van der Waals surface area contributed by atoms with Gasteiger partial charge in [0, 0.05) is 15.9 Å². The molecule has 0 saturated heterocycles. The van der Waals surface area contributed by atoms with Crippen LogP contribution >= 0.6 is 0 Å². The predicted octanol–water partition coefficient (Wildman–Crippen LogP) is 4.92. The highest BCUT2D eigenvalue weighted by Gasteiger charge is 2.25. The second kappa shape index (κ2) is 4.79. The molecule has 2 aliphatic carbocycles. The summed E-state index contributed by atoms with van der Waals surface area (Å²) in [5.74, 6) is 0. The maximum Gasteiger partial charge on any atom is 0.0702 e. The number of nitrogens with zero attached hydrogens (tertiary/aromatic N) is 1. The van der Waals surface area contributed by atoms with E-state index in [1.807, 2.05) is 6.07 Å². The van der Waals surface area contributed by atoms with Crippen molar-refractivity contribution in [2.24, 2.45) is 0 Å². The van der Waals surface area contributed by atoms with E-state index in [-0.39, 0.29) is 0 Å². The molecule has 23 heavy (non-hydrogen) atoms. The smallest absolute Gasteiger partial charge is 0.0702 e. The van der Waals surface area contributed by atoms with Gasteiger partial charge in [0.05, 0.1) is 5.69 Å². The Hall–Kier alpha value is -2.41. The SMILES string of the molecule is [2H]C([2H])([2H])c1ccc(-c2cc3c4c(c2)CCc2cccc(c2-4)CC3)nc1. The molecule has 0 fully saturated rings. The fourth-order valence-electron chi connectivity index (χ4n) is 4.13. The molecule has 0 saturated carbocycles. The summed E-state index contributed by atoms with van der Waals surface area (Å²) < 4.78 is 22.5. The van der Waals surface area contributed by atoms with Gasteiger partial charge in [-0.3, -0.25) is 4.98 Å². The fraction of sp³-hybridized carbons (Fsp3) is 0.227. The van der Waals surface area contributed by atoms with Gasteiger partial charge in [0.1, 0.15) is 0 Å². The molecule has 1 heteroatoms. The Morgan fingerprint density at radius 3 is 2.09 bits per heavy atom. The van der Waals surface area contributed by atoms with E-state index < -0.39 is 6.85 Å². The molecular weight excluding hydrogens is 278 g/mol. The number of rotatable bonds is 1. The Morgan fingerprint density at radius 1 is 0.826 bits per heavy atom. The van der Waals surface area contributed by atoms with E-state index in [0.29, 0.717) is 5.56 Å². The minimum atomic E-state index is -2.10. The highest BCUT2D eigenvalue weighted by Crippen LogP contribution is 2.43. The first-order valence-corrected chi connectivity index (χ1v) is 8.24. The lowest BCUT2D eigenvalue weighted by atomic mass is 9.75. The van der Waals surface area contributed by atoms with Crippen LogP contribution in [0.1, 0.15) is 31.9 Å². The average Bonchev–Trinajstić information content (AvgIpc) is 2.65. The van der Waals surface area contributed by atoms with Gasteiger partial charge in [0.2, 0.25) is 0 Å². The van der Waals surface area contributed by atoms with Crippen molar-refractivity contribution >= 4 is 0 Å². The summed E-state index contributed by atoms with van der Waals surface area (Å²) >= 11 is 0. The lowest BCUT2D eigenvalue weighted by Gasteiger charge is -2.29. The maximum absolute atomic E-state index is 7.51. The van der Waals surface area contributed by atoms with Gasteiger partial charge in [-0.2, -0.15) is 0 Å². The molecule has 0 radical (unpaired) electrons. The first-order valence-electron chi connectivity index (χ1n) is 9.74. The van der Waals surface area contributed by atoms with Crippen molar-refractivity contribution in [1.82, 2.24) is 4.98 Å². The molecule has 1 aromatic heterocycles. The quantitative estimate of drug-likeness (QED) is 0.621. The number of hydrogen-bond acceptors (Lipinski definition) is 1.